The summed E-state index contributed by atoms with van der Waals surface area (Å²) in [7, 11) is 0. The average Bonchev–Trinajstić information content (AvgIpc) is 2.46. The molecule has 0 fully saturated rings. The van der Waals surface area contributed by atoms with E-state index in [0.29, 0.717) is 18.7 Å². The SMILES string of the molecule is O=C(c1cc(Br)cc(Br)c1)N(CCO)Cc1ccccc1. The van der Waals surface area contributed by atoms with E-state index in [1.165, 1.54) is 0 Å². The number of nitrogens with zero attached hydrogens (tertiary/aromatic N) is 1. The molecule has 21 heavy (non-hydrogen) atoms. The number of rotatable bonds is 5. The van der Waals surface area contributed by atoms with Crippen LogP contribution in [-0.2, 0) is 6.54 Å². The largest absolute Gasteiger partial charge is 0.395 e. The third-order valence-electron chi connectivity index (χ3n) is 2.98. The first-order valence-electron chi connectivity index (χ1n) is 6.50. The number of carbonyl (C=O) groups is 1. The van der Waals surface area contributed by atoms with Gasteiger partial charge in [-0.3, -0.25) is 4.79 Å². The molecule has 2 rings (SSSR count). The van der Waals surface area contributed by atoms with Gasteiger partial charge in [0, 0.05) is 27.6 Å². The van der Waals surface area contributed by atoms with Gasteiger partial charge in [0.1, 0.15) is 0 Å². The van der Waals surface area contributed by atoms with Gasteiger partial charge in [-0.05, 0) is 23.8 Å². The molecule has 0 aliphatic heterocycles. The van der Waals surface area contributed by atoms with Crippen LogP contribution in [-0.4, -0.2) is 29.1 Å². The van der Waals surface area contributed by atoms with E-state index in [2.05, 4.69) is 31.9 Å². The van der Waals surface area contributed by atoms with Crippen LogP contribution in [0.5, 0.6) is 0 Å². The maximum atomic E-state index is 12.6. The first-order chi connectivity index (χ1) is 10.1. The molecule has 0 saturated heterocycles. The molecule has 3 nitrogen and oxygen atoms in total. The van der Waals surface area contributed by atoms with Crippen LogP contribution in [0.25, 0.3) is 0 Å². The van der Waals surface area contributed by atoms with Crippen LogP contribution in [0.1, 0.15) is 15.9 Å². The Morgan fingerprint density at radius 3 is 2.24 bits per heavy atom. The maximum Gasteiger partial charge on any atom is 0.254 e. The molecule has 0 atom stereocenters. The summed E-state index contributed by atoms with van der Waals surface area (Å²) in [5, 5.41) is 9.21. The maximum absolute atomic E-state index is 12.6. The highest BCUT2D eigenvalue weighted by atomic mass is 79.9. The van der Waals surface area contributed by atoms with Crippen molar-refractivity contribution in [1.82, 2.24) is 4.90 Å². The Morgan fingerprint density at radius 2 is 1.67 bits per heavy atom. The minimum atomic E-state index is -0.102. The van der Waals surface area contributed by atoms with E-state index >= 15 is 0 Å². The van der Waals surface area contributed by atoms with Gasteiger partial charge in [0.25, 0.3) is 5.91 Å². The summed E-state index contributed by atoms with van der Waals surface area (Å²) in [6.07, 6.45) is 0. The lowest BCUT2D eigenvalue weighted by molar-refractivity contribution is 0.0707. The van der Waals surface area contributed by atoms with Crippen molar-refractivity contribution >= 4 is 37.8 Å². The first-order valence-corrected chi connectivity index (χ1v) is 8.09. The average molecular weight is 413 g/mol. The number of amides is 1. The zero-order valence-electron chi connectivity index (χ0n) is 11.3. The van der Waals surface area contributed by atoms with Gasteiger partial charge in [-0.1, -0.05) is 62.2 Å². The second-order valence-electron chi connectivity index (χ2n) is 4.59. The number of hydrogen-bond donors (Lipinski definition) is 1. The van der Waals surface area contributed by atoms with Crippen molar-refractivity contribution in [2.45, 2.75) is 6.54 Å². The lowest BCUT2D eigenvalue weighted by Gasteiger charge is -2.22. The first kappa shape index (κ1) is 16.2. The fraction of sp³-hybridized carbons (Fsp3) is 0.188. The predicted octanol–water partition coefficient (Wildman–Crippen LogP) is 3.85. The van der Waals surface area contributed by atoms with Gasteiger partial charge in [-0.25, -0.2) is 0 Å². The van der Waals surface area contributed by atoms with E-state index in [9.17, 15) is 9.90 Å². The zero-order chi connectivity index (χ0) is 15.2. The number of benzene rings is 2. The van der Waals surface area contributed by atoms with Crippen LogP contribution < -0.4 is 0 Å². The molecule has 0 aliphatic carbocycles. The van der Waals surface area contributed by atoms with Crippen LogP contribution in [0.4, 0.5) is 0 Å². The van der Waals surface area contributed by atoms with Crippen molar-refractivity contribution in [3.05, 3.63) is 68.6 Å². The van der Waals surface area contributed by atoms with Crippen LogP contribution in [0, 0.1) is 0 Å². The van der Waals surface area contributed by atoms with E-state index in [0.717, 1.165) is 14.5 Å². The smallest absolute Gasteiger partial charge is 0.254 e. The highest BCUT2D eigenvalue weighted by molar-refractivity contribution is 9.11. The summed E-state index contributed by atoms with van der Waals surface area (Å²) in [6.45, 7) is 0.718. The molecule has 0 unspecified atom stereocenters. The number of halogens is 2. The van der Waals surface area contributed by atoms with Gasteiger partial charge < -0.3 is 10.0 Å². The van der Waals surface area contributed by atoms with E-state index in [1.54, 1.807) is 17.0 Å². The number of carbonyl (C=O) groups excluding carboxylic acids is 1. The standard InChI is InChI=1S/C16H15Br2NO2/c17-14-8-13(9-15(18)10-14)16(21)19(6-7-20)11-12-4-2-1-3-5-12/h1-5,8-10,20H,6-7,11H2. The second kappa shape index (κ2) is 7.73. The molecule has 5 heteroatoms. The van der Waals surface area contributed by atoms with Gasteiger partial charge in [0.05, 0.1) is 6.61 Å². The quantitative estimate of drug-likeness (QED) is 0.810. The van der Waals surface area contributed by atoms with E-state index in [-0.39, 0.29) is 12.5 Å². The second-order valence-corrected chi connectivity index (χ2v) is 6.43. The summed E-state index contributed by atoms with van der Waals surface area (Å²) in [5.74, 6) is -0.102. The summed E-state index contributed by atoms with van der Waals surface area (Å²) >= 11 is 6.77. The van der Waals surface area contributed by atoms with E-state index in [1.807, 2.05) is 36.4 Å². The Bertz CT molecular complexity index is 597. The topological polar surface area (TPSA) is 40.5 Å². The van der Waals surface area contributed by atoms with Gasteiger partial charge in [-0.2, -0.15) is 0 Å². The molecule has 0 spiro atoms. The van der Waals surface area contributed by atoms with E-state index in [4.69, 9.17) is 0 Å². The fourth-order valence-corrected chi connectivity index (χ4v) is 3.33. The van der Waals surface area contributed by atoms with Crippen molar-refractivity contribution in [1.29, 1.82) is 0 Å². The van der Waals surface area contributed by atoms with Crippen LogP contribution >= 0.6 is 31.9 Å². The van der Waals surface area contributed by atoms with Gasteiger partial charge in [-0.15, -0.1) is 0 Å². The normalized spacial score (nSPS) is 10.4. The molecule has 0 aliphatic rings. The zero-order valence-corrected chi connectivity index (χ0v) is 14.5. The highest BCUT2D eigenvalue weighted by Gasteiger charge is 2.16. The Morgan fingerprint density at radius 1 is 1.05 bits per heavy atom. The number of hydrogen-bond acceptors (Lipinski definition) is 2. The van der Waals surface area contributed by atoms with Crippen molar-refractivity contribution < 1.29 is 9.90 Å². The molecule has 0 heterocycles. The van der Waals surface area contributed by atoms with Crippen LogP contribution in [0.3, 0.4) is 0 Å². The Kier molecular flexibility index (Phi) is 5.96. The molecule has 0 aromatic heterocycles. The van der Waals surface area contributed by atoms with Crippen molar-refractivity contribution in [3.63, 3.8) is 0 Å². The van der Waals surface area contributed by atoms with Crippen molar-refractivity contribution in [2.24, 2.45) is 0 Å². The minimum absolute atomic E-state index is 0.0618. The van der Waals surface area contributed by atoms with E-state index < -0.39 is 0 Å². The molecule has 110 valence electrons. The molecule has 2 aromatic carbocycles. The van der Waals surface area contributed by atoms with Crippen LogP contribution in [0.15, 0.2) is 57.5 Å². The third-order valence-corrected chi connectivity index (χ3v) is 3.90. The third kappa shape index (κ3) is 4.66. The molecule has 0 saturated carbocycles. The molecular weight excluding hydrogens is 398 g/mol. The van der Waals surface area contributed by atoms with Crippen LogP contribution in [0.2, 0.25) is 0 Å². The Balaban J connectivity index is 2.22. The Labute approximate surface area is 140 Å². The minimum Gasteiger partial charge on any atom is -0.395 e. The molecule has 0 bridgehead atoms. The summed E-state index contributed by atoms with van der Waals surface area (Å²) in [6, 6.07) is 15.2. The lowest BCUT2D eigenvalue weighted by Crippen LogP contribution is -2.33. The highest BCUT2D eigenvalue weighted by Crippen LogP contribution is 2.21. The summed E-state index contributed by atoms with van der Waals surface area (Å²) < 4.78 is 1.67. The van der Waals surface area contributed by atoms with Gasteiger partial charge >= 0.3 is 0 Å². The van der Waals surface area contributed by atoms with Gasteiger partial charge in [0.2, 0.25) is 0 Å². The molecule has 1 amide bonds. The van der Waals surface area contributed by atoms with Crippen molar-refractivity contribution in [3.8, 4) is 0 Å². The van der Waals surface area contributed by atoms with Crippen molar-refractivity contribution in [2.75, 3.05) is 13.2 Å². The monoisotopic (exact) mass is 411 g/mol. The summed E-state index contributed by atoms with van der Waals surface area (Å²) in [4.78, 5) is 14.3. The van der Waals surface area contributed by atoms with Gasteiger partial charge in [0.15, 0.2) is 0 Å². The fourth-order valence-electron chi connectivity index (χ4n) is 2.04. The summed E-state index contributed by atoms with van der Waals surface area (Å²) in [5.41, 5.74) is 1.62. The Hall–Kier alpha value is -1.17. The molecule has 0 radical (unpaired) electrons. The number of aliphatic hydroxyl groups excluding tert-OH is 1. The predicted molar refractivity (Wildman–Crippen MR) is 90.1 cm³/mol. The lowest BCUT2D eigenvalue weighted by atomic mass is 10.1. The number of aliphatic hydroxyl groups is 1. The molecule has 1 N–H and O–H groups in total. The molecular formula is C16H15Br2NO2. The molecule has 2 aromatic rings.